The third-order valence-electron chi connectivity index (χ3n) is 4.77. The maximum atomic E-state index is 12.7. The standard InChI is InChI=1S/C20H19F3N4O2/c1-2-27-18(29-16-5-3-14(4-6-16)20(21,22)23)8-17(26-27)13-7-15(10-25-9-13)19(24)11-28-12-19/h3-10H,2,11-12,24H2,1H3. The van der Waals surface area contributed by atoms with Gasteiger partial charge in [0.1, 0.15) is 5.75 Å². The number of pyridine rings is 1. The van der Waals surface area contributed by atoms with Gasteiger partial charge >= 0.3 is 6.18 Å². The highest BCUT2D eigenvalue weighted by Crippen LogP contribution is 2.33. The molecule has 29 heavy (non-hydrogen) atoms. The number of nitrogens with zero attached hydrogens (tertiary/aromatic N) is 3. The van der Waals surface area contributed by atoms with Crippen molar-refractivity contribution in [3.63, 3.8) is 0 Å². The van der Waals surface area contributed by atoms with E-state index in [1.54, 1.807) is 23.1 Å². The minimum absolute atomic E-state index is 0.290. The van der Waals surface area contributed by atoms with Crippen molar-refractivity contribution >= 4 is 0 Å². The lowest BCUT2D eigenvalue weighted by atomic mass is 9.89. The van der Waals surface area contributed by atoms with Crippen molar-refractivity contribution in [2.24, 2.45) is 5.73 Å². The number of benzene rings is 1. The number of hydrogen-bond acceptors (Lipinski definition) is 5. The van der Waals surface area contributed by atoms with Gasteiger partial charge in [-0.05, 0) is 42.8 Å². The summed E-state index contributed by atoms with van der Waals surface area (Å²) < 4.78 is 50.8. The van der Waals surface area contributed by atoms with Crippen LogP contribution >= 0.6 is 0 Å². The molecule has 9 heteroatoms. The first kappa shape index (κ1) is 19.4. The molecule has 3 aromatic rings. The van der Waals surface area contributed by atoms with Gasteiger partial charge < -0.3 is 15.2 Å². The third-order valence-corrected chi connectivity index (χ3v) is 4.77. The largest absolute Gasteiger partial charge is 0.439 e. The van der Waals surface area contributed by atoms with Crippen molar-refractivity contribution in [3.8, 4) is 22.9 Å². The molecule has 1 aromatic carbocycles. The zero-order valence-electron chi connectivity index (χ0n) is 15.6. The van der Waals surface area contributed by atoms with E-state index in [4.69, 9.17) is 15.2 Å². The van der Waals surface area contributed by atoms with Gasteiger partial charge in [-0.25, -0.2) is 4.68 Å². The Hall–Kier alpha value is -2.91. The molecule has 1 fully saturated rings. The number of alkyl halides is 3. The summed E-state index contributed by atoms with van der Waals surface area (Å²) in [5.74, 6) is 0.709. The molecule has 1 saturated heterocycles. The molecular weight excluding hydrogens is 385 g/mol. The van der Waals surface area contributed by atoms with Gasteiger partial charge in [0, 0.05) is 30.6 Å². The van der Waals surface area contributed by atoms with Crippen LogP contribution in [0.5, 0.6) is 11.6 Å². The zero-order chi connectivity index (χ0) is 20.6. The Morgan fingerprint density at radius 3 is 2.48 bits per heavy atom. The predicted molar refractivity (Wildman–Crippen MR) is 99.3 cm³/mol. The summed E-state index contributed by atoms with van der Waals surface area (Å²) in [6.07, 6.45) is -1.00. The van der Waals surface area contributed by atoms with Crippen LogP contribution in [-0.4, -0.2) is 28.0 Å². The Kier molecular flexibility index (Phi) is 4.79. The van der Waals surface area contributed by atoms with E-state index < -0.39 is 17.3 Å². The van der Waals surface area contributed by atoms with Crippen LogP contribution in [0.1, 0.15) is 18.1 Å². The van der Waals surface area contributed by atoms with Gasteiger partial charge in [0.2, 0.25) is 5.88 Å². The molecule has 152 valence electrons. The molecule has 2 N–H and O–H groups in total. The van der Waals surface area contributed by atoms with E-state index in [-0.39, 0.29) is 0 Å². The lowest BCUT2D eigenvalue weighted by molar-refractivity contribution is -0.137. The summed E-state index contributed by atoms with van der Waals surface area (Å²) in [7, 11) is 0. The predicted octanol–water partition coefficient (Wildman–Crippen LogP) is 3.96. The summed E-state index contributed by atoms with van der Waals surface area (Å²) in [6, 6.07) is 8.18. The molecule has 4 rings (SSSR count). The average molecular weight is 404 g/mol. The van der Waals surface area contributed by atoms with Crippen molar-refractivity contribution in [2.45, 2.75) is 25.2 Å². The van der Waals surface area contributed by atoms with Crippen LogP contribution in [0.25, 0.3) is 11.3 Å². The van der Waals surface area contributed by atoms with Crippen molar-refractivity contribution < 1.29 is 22.6 Å². The minimum Gasteiger partial charge on any atom is -0.439 e. The van der Waals surface area contributed by atoms with Gasteiger partial charge in [-0.3, -0.25) is 4.98 Å². The van der Waals surface area contributed by atoms with E-state index in [0.29, 0.717) is 37.1 Å². The van der Waals surface area contributed by atoms with Crippen LogP contribution in [0.15, 0.2) is 48.8 Å². The van der Waals surface area contributed by atoms with Gasteiger partial charge in [0.25, 0.3) is 0 Å². The maximum Gasteiger partial charge on any atom is 0.416 e. The van der Waals surface area contributed by atoms with Crippen LogP contribution in [0.3, 0.4) is 0 Å². The molecule has 0 amide bonds. The van der Waals surface area contributed by atoms with Gasteiger partial charge in [-0.15, -0.1) is 0 Å². The monoisotopic (exact) mass is 404 g/mol. The van der Waals surface area contributed by atoms with E-state index in [0.717, 1.165) is 23.3 Å². The van der Waals surface area contributed by atoms with E-state index >= 15 is 0 Å². The Morgan fingerprint density at radius 2 is 1.90 bits per heavy atom. The second-order valence-electron chi connectivity index (χ2n) is 6.92. The SMILES string of the molecule is CCn1nc(-c2cncc(C3(N)COC3)c2)cc1Oc1ccc(C(F)(F)F)cc1. The molecular formula is C20H19F3N4O2. The second-order valence-corrected chi connectivity index (χ2v) is 6.92. The van der Waals surface area contributed by atoms with Crippen LogP contribution < -0.4 is 10.5 Å². The summed E-state index contributed by atoms with van der Waals surface area (Å²) >= 11 is 0. The van der Waals surface area contributed by atoms with Crippen LogP contribution in [0.4, 0.5) is 13.2 Å². The number of nitrogens with two attached hydrogens (primary N) is 1. The lowest BCUT2D eigenvalue weighted by Crippen LogP contribution is -2.54. The van der Waals surface area contributed by atoms with E-state index in [1.807, 2.05) is 13.0 Å². The fourth-order valence-electron chi connectivity index (χ4n) is 3.02. The molecule has 0 unspecified atom stereocenters. The highest BCUT2D eigenvalue weighted by Gasteiger charge is 2.36. The van der Waals surface area contributed by atoms with E-state index in [9.17, 15) is 13.2 Å². The number of hydrogen-bond donors (Lipinski definition) is 1. The lowest BCUT2D eigenvalue weighted by Gasteiger charge is -2.38. The van der Waals surface area contributed by atoms with Crippen LogP contribution in [0, 0.1) is 0 Å². The molecule has 0 spiro atoms. The van der Waals surface area contributed by atoms with Gasteiger partial charge in [0.05, 0.1) is 30.0 Å². The highest BCUT2D eigenvalue weighted by atomic mass is 19.4. The molecule has 0 bridgehead atoms. The molecule has 0 radical (unpaired) electrons. The van der Waals surface area contributed by atoms with Crippen molar-refractivity contribution in [1.29, 1.82) is 0 Å². The summed E-state index contributed by atoms with van der Waals surface area (Å²) in [5.41, 5.74) is 7.27. The second kappa shape index (κ2) is 7.16. The fraction of sp³-hybridized carbons (Fsp3) is 0.300. The minimum atomic E-state index is -4.39. The first-order valence-electron chi connectivity index (χ1n) is 9.04. The van der Waals surface area contributed by atoms with E-state index in [2.05, 4.69) is 10.1 Å². The third kappa shape index (κ3) is 3.83. The number of aromatic nitrogens is 3. The smallest absolute Gasteiger partial charge is 0.416 e. The Bertz CT molecular complexity index is 1010. The quantitative estimate of drug-likeness (QED) is 0.697. The van der Waals surface area contributed by atoms with Gasteiger partial charge in [-0.2, -0.15) is 18.3 Å². The number of halogens is 3. The molecule has 0 aliphatic carbocycles. The fourth-order valence-corrected chi connectivity index (χ4v) is 3.02. The molecule has 6 nitrogen and oxygen atoms in total. The molecule has 1 aliphatic rings. The maximum absolute atomic E-state index is 12.7. The molecule has 0 atom stereocenters. The van der Waals surface area contributed by atoms with Crippen molar-refractivity contribution in [1.82, 2.24) is 14.8 Å². The normalized spacial score (nSPS) is 15.8. The number of rotatable bonds is 5. The van der Waals surface area contributed by atoms with Crippen molar-refractivity contribution in [3.05, 3.63) is 59.9 Å². The Labute approximate surface area is 165 Å². The van der Waals surface area contributed by atoms with Gasteiger partial charge in [-0.1, -0.05) is 0 Å². The summed E-state index contributed by atoms with van der Waals surface area (Å²) in [5, 5.41) is 4.52. The molecule has 1 aliphatic heterocycles. The number of ether oxygens (including phenoxy) is 2. The first-order chi connectivity index (χ1) is 13.8. The Morgan fingerprint density at radius 1 is 1.17 bits per heavy atom. The van der Waals surface area contributed by atoms with Crippen molar-refractivity contribution in [2.75, 3.05) is 13.2 Å². The highest BCUT2D eigenvalue weighted by molar-refractivity contribution is 5.60. The molecule has 3 heterocycles. The summed E-state index contributed by atoms with van der Waals surface area (Å²) in [6.45, 7) is 3.29. The summed E-state index contributed by atoms with van der Waals surface area (Å²) in [4.78, 5) is 4.26. The zero-order valence-corrected chi connectivity index (χ0v) is 15.6. The molecule has 2 aromatic heterocycles. The first-order valence-corrected chi connectivity index (χ1v) is 9.04. The Balaban J connectivity index is 1.60. The topological polar surface area (TPSA) is 75.2 Å². The molecule has 0 saturated carbocycles. The van der Waals surface area contributed by atoms with Crippen LogP contribution in [0.2, 0.25) is 0 Å². The average Bonchev–Trinajstić information content (AvgIpc) is 3.09. The van der Waals surface area contributed by atoms with Crippen LogP contribution in [-0.2, 0) is 23.0 Å². The van der Waals surface area contributed by atoms with E-state index in [1.165, 1.54) is 12.1 Å². The number of aryl methyl sites for hydroxylation is 1. The van der Waals surface area contributed by atoms with Gasteiger partial charge in [0.15, 0.2) is 0 Å².